The van der Waals surface area contributed by atoms with E-state index in [4.69, 9.17) is 0 Å². The van der Waals surface area contributed by atoms with Crippen molar-refractivity contribution in [3.8, 4) is 0 Å². The second kappa shape index (κ2) is 4.60. The predicted octanol–water partition coefficient (Wildman–Crippen LogP) is -0.154. The van der Waals surface area contributed by atoms with E-state index in [1.54, 1.807) is 17.3 Å². The first kappa shape index (κ1) is 12.6. The molecule has 0 aliphatic carbocycles. The van der Waals surface area contributed by atoms with Crippen molar-refractivity contribution in [1.29, 1.82) is 0 Å². The monoisotopic (exact) mass is 293 g/mol. The number of carbonyl (C=O) groups excluding carboxylic acids is 1. The Labute approximate surface area is 114 Å². The number of hydrogen-bond donors (Lipinski definition) is 2. The van der Waals surface area contributed by atoms with Gasteiger partial charge in [-0.3, -0.25) is 9.89 Å². The zero-order valence-corrected chi connectivity index (χ0v) is 11.1. The maximum absolute atomic E-state index is 12.0. The molecule has 0 radical (unpaired) electrons. The molecule has 0 atom stereocenters. The van der Waals surface area contributed by atoms with E-state index in [1.807, 2.05) is 0 Å². The number of anilines is 1. The minimum absolute atomic E-state index is 0.0581. The Morgan fingerprint density at radius 3 is 3.00 bits per heavy atom. The first-order chi connectivity index (χ1) is 9.53. The van der Waals surface area contributed by atoms with Crippen LogP contribution < -0.4 is 5.32 Å². The van der Waals surface area contributed by atoms with Gasteiger partial charge in [0.1, 0.15) is 5.84 Å². The van der Waals surface area contributed by atoms with Crippen LogP contribution in [0.2, 0.25) is 0 Å². The van der Waals surface area contributed by atoms with Gasteiger partial charge in [-0.1, -0.05) is 0 Å². The normalized spacial score (nSPS) is 19.9. The SMILES string of the molecule is O=C(Nc1cn[nH]c1)C1=CN2CCS(=O)(=O)N=C2C=C1. The third-order valence-corrected chi connectivity index (χ3v) is 4.01. The van der Waals surface area contributed by atoms with Crippen molar-refractivity contribution >= 4 is 27.5 Å². The van der Waals surface area contributed by atoms with Crippen molar-refractivity contribution in [2.75, 3.05) is 17.6 Å². The van der Waals surface area contributed by atoms with E-state index >= 15 is 0 Å². The molecular formula is C11H11N5O3S. The van der Waals surface area contributed by atoms with E-state index in [0.29, 0.717) is 17.1 Å². The summed E-state index contributed by atoms with van der Waals surface area (Å²) in [5.41, 5.74) is 0.981. The van der Waals surface area contributed by atoms with Crippen LogP contribution in [-0.2, 0) is 14.8 Å². The molecule has 3 rings (SSSR count). The number of carbonyl (C=O) groups is 1. The second-order valence-electron chi connectivity index (χ2n) is 4.29. The van der Waals surface area contributed by atoms with Crippen LogP contribution in [0.25, 0.3) is 0 Å². The number of amides is 1. The Morgan fingerprint density at radius 1 is 1.40 bits per heavy atom. The fourth-order valence-electron chi connectivity index (χ4n) is 1.86. The summed E-state index contributed by atoms with van der Waals surface area (Å²) in [5.74, 6) is -0.0245. The topological polar surface area (TPSA) is 108 Å². The minimum Gasteiger partial charge on any atom is -0.330 e. The lowest BCUT2D eigenvalue weighted by molar-refractivity contribution is -0.112. The number of hydrogen-bond acceptors (Lipinski definition) is 5. The summed E-state index contributed by atoms with van der Waals surface area (Å²) < 4.78 is 26.4. The molecule has 20 heavy (non-hydrogen) atoms. The first-order valence-electron chi connectivity index (χ1n) is 5.83. The number of H-pyrrole nitrogens is 1. The van der Waals surface area contributed by atoms with E-state index in [9.17, 15) is 13.2 Å². The third-order valence-electron chi connectivity index (χ3n) is 2.84. The summed E-state index contributed by atoms with van der Waals surface area (Å²) in [4.78, 5) is 13.7. The van der Waals surface area contributed by atoms with E-state index in [-0.39, 0.29) is 18.2 Å². The molecule has 0 spiro atoms. The number of sulfonamides is 1. The molecule has 1 aromatic rings. The van der Waals surface area contributed by atoms with Crippen LogP contribution in [0.15, 0.2) is 40.7 Å². The quantitative estimate of drug-likeness (QED) is 0.788. The van der Waals surface area contributed by atoms with E-state index in [2.05, 4.69) is 19.9 Å². The number of rotatable bonds is 2. The second-order valence-corrected chi connectivity index (χ2v) is 6.04. The predicted molar refractivity (Wildman–Crippen MR) is 72.4 cm³/mol. The molecule has 2 aliphatic heterocycles. The highest BCUT2D eigenvalue weighted by Crippen LogP contribution is 2.16. The van der Waals surface area contributed by atoms with Gasteiger partial charge in [0.15, 0.2) is 0 Å². The first-order valence-corrected chi connectivity index (χ1v) is 7.44. The summed E-state index contributed by atoms with van der Waals surface area (Å²) in [5, 5.41) is 8.99. The average molecular weight is 293 g/mol. The van der Waals surface area contributed by atoms with E-state index in [1.165, 1.54) is 18.3 Å². The van der Waals surface area contributed by atoms with Crippen molar-refractivity contribution in [3.05, 3.63) is 36.3 Å². The highest BCUT2D eigenvalue weighted by Gasteiger charge is 2.24. The zero-order chi connectivity index (χ0) is 14.2. The number of aromatic amines is 1. The largest absolute Gasteiger partial charge is 0.330 e. The van der Waals surface area contributed by atoms with Crippen molar-refractivity contribution in [3.63, 3.8) is 0 Å². The highest BCUT2D eigenvalue weighted by atomic mass is 32.2. The van der Waals surface area contributed by atoms with Gasteiger partial charge in [-0.25, -0.2) is 8.42 Å². The van der Waals surface area contributed by atoms with Crippen molar-refractivity contribution in [2.24, 2.45) is 4.40 Å². The molecule has 1 aromatic heterocycles. The molecule has 0 saturated carbocycles. The Morgan fingerprint density at radius 2 is 2.25 bits per heavy atom. The maximum Gasteiger partial charge on any atom is 0.257 e. The standard InChI is InChI=1S/C11H11N5O3S/c17-11(14-9-5-12-13-6-9)8-1-2-10-15-20(18,19)4-3-16(10)7-8/h1-2,5-7H,3-4H2,(H,12,13)(H,14,17). The van der Waals surface area contributed by atoms with E-state index in [0.717, 1.165) is 0 Å². The van der Waals surface area contributed by atoms with Gasteiger partial charge in [0.05, 0.1) is 23.2 Å². The van der Waals surface area contributed by atoms with Gasteiger partial charge in [-0.05, 0) is 12.2 Å². The maximum atomic E-state index is 12.0. The van der Waals surface area contributed by atoms with E-state index < -0.39 is 10.0 Å². The lowest BCUT2D eigenvalue weighted by atomic mass is 10.2. The minimum atomic E-state index is -3.38. The smallest absolute Gasteiger partial charge is 0.257 e. The molecular weight excluding hydrogens is 282 g/mol. The Balaban J connectivity index is 1.80. The van der Waals surface area contributed by atoms with Crippen LogP contribution in [0.3, 0.4) is 0 Å². The molecule has 9 heteroatoms. The number of nitrogens with zero attached hydrogens (tertiary/aromatic N) is 3. The van der Waals surface area contributed by atoms with Crippen LogP contribution in [0.1, 0.15) is 0 Å². The van der Waals surface area contributed by atoms with Crippen molar-refractivity contribution in [2.45, 2.75) is 0 Å². The highest BCUT2D eigenvalue weighted by molar-refractivity contribution is 7.90. The number of fused-ring (bicyclic) bond motifs is 1. The third kappa shape index (κ3) is 2.48. The summed E-state index contributed by atoms with van der Waals surface area (Å²) in [6, 6.07) is 0. The van der Waals surface area contributed by atoms with Crippen molar-refractivity contribution in [1.82, 2.24) is 15.1 Å². The average Bonchev–Trinajstić information content (AvgIpc) is 2.90. The van der Waals surface area contributed by atoms with Crippen LogP contribution in [0, 0.1) is 0 Å². The Kier molecular flexibility index (Phi) is 2.90. The number of amidine groups is 1. The summed E-state index contributed by atoms with van der Waals surface area (Å²) in [6.45, 7) is 0.286. The molecule has 104 valence electrons. The molecule has 1 amide bonds. The molecule has 0 saturated heterocycles. The van der Waals surface area contributed by atoms with Gasteiger partial charge >= 0.3 is 0 Å². The molecule has 0 aromatic carbocycles. The lowest BCUT2D eigenvalue weighted by Crippen LogP contribution is -2.37. The van der Waals surface area contributed by atoms with Crippen LogP contribution in [0.4, 0.5) is 5.69 Å². The number of nitrogens with one attached hydrogen (secondary N) is 2. The Hall–Kier alpha value is -2.42. The van der Waals surface area contributed by atoms with Crippen LogP contribution in [-0.4, -0.2) is 47.6 Å². The number of aromatic nitrogens is 2. The Bertz CT molecular complexity index is 730. The van der Waals surface area contributed by atoms with Gasteiger partial charge in [0, 0.05) is 18.9 Å². The molecule has 2 aliphatic rings. The molecule has 8 nitrogen and oxygen atoms in total. The fraction of sp³-hybridized carbons (Fsp3) is 0.182. The fourth-order valence-corrected chi connectivity index (χ4v) is 2.83. The van der Waals surface area contributed by atoms with Gasteiger partial charge in [-0.15, -0.1) is 4.40 Å². The van der Waals surface area contributed by atoms with Gasteiger partial charge in [0.25, 0.3) is 15.9 Å². The summed E-state index contributed by atoms with van der Waals surface area (Å²) >= 11 is 0. The zero-order valence-electron chi connectivity index (χ0n) is 10.3. The summed E-state index contributed by atoms with van der Waals surface area (Å²) in [6.07, 6.45) is 7.69. The van der Waals surface area contributed by atoms with Gasteiger partial charge in [0.2, 0.25) is 0 Å². The molecule has 3 heterocycles. The molecule has 0 bridgehead atoms. The molecule has 0 fully saturated rings. The molecule has 0 unspecified atom stereocenters. The van der Waals surface area contributed by atoms with Crippen molar-refractivity contribution < 1.29 is 13.2 Å². The lowest BCUT2D eigenvalue weighted by Gasteiger charge is -2.26. The summed E-state index contributed by atoms with van der Waals surface area (Å²) in [7, 11) is -3.38. The van der Waals surface area contributed by atoms with Crippen LogP contribution >= 0.6 is 0 Å². The van der Waals surface area contributed by atoms with Crippen LogP contribution in [0.5, 0.6) is 0 Å². The van der Waals surface area contributed by atoms with Gasteiger partial charge < -0.3 is 10.2 Å². The molecule has 2 N–H and O–H groups in total. The van der Waals surface area contributed by atoms with Gasteiger partial charge in [-0.2, -0.15) is 5.10 Å².